The van der Waals surface area contributed by atoms with Gasteiger partial charge < -0.3 is 5.73 Å². The van der Waals surface area contributed by atoms with Gasteiger partial charge in [-0.05, 0) is 31.5 Å². The van der Waals surface area contributed by atoms with Crippen molar-refractivity contribution in [2.75, 3.05) is 5.73 Å². The maximum absolute atomic E-state index is 6.02. The molecule has 3 rings (SSSR count). The van der Waals surface area contributed by atoms with Crippen molar-refractivity contribution in [2.24, 2.45) is 0 Å². The largest absolute Gasteiger partial charge is 0.390 e. The van der Waals surface area contributed by atoms with Crippen molar-refractivity contribution in [3.63, 3.8) is 0 Å². The van der Waals surface area contributed by atoms with E-state index < -0.39 is 0 Å². The molecule has 0 spiro atoms. The van der Waals surface area contributed by atoms with E-state index in [-0.39, 0.29) is 0 Å². The molecule has 2 heterocycles. The van der Waals surface area contributed by atoms with E-state index in [0.717, 1.165) is 21.1 Å². The molecule has 17 heavy (non-hydrogen) atoms. The number of thiazole rings is 1. The zero-order valence-corrected chi connectivity index (χ0v) is 11.3. The van der Waals surface area contributed by atoms with Crippen LogP contribution < -0.4 is 5.73 Å². The number of nitrogens with zero attached hydrogens (tertiary/aromatic N) is 1. The van der Waals surface area contributed by atoms with Crippen molar-refractivity contribution in [3.8, 4) is 10.6 Å². The minimum atomic E-state index is 0.860. The van der Waals surface area contributed by atoms with Gasteiger partial charge >= 0.3 is 0 Å². The highest BCUT2D eigenvalue weighted by Crippen LogP contribution is 2.38. The van der Waals surface area contributed by atoms with Crippen LogP contribution in [0.25, 0.3) is 20.8 Å². The van der Waals surface area contributed by atoms with Gasteiger partial charge in [0.25, 0.3) is 0 Å². The smallest absolute Gasteiger partial charge is 0.127 e. The van der Waals surface area contributed by atoms with Crippen molar-refractivity contribution in [1.29, 1.82) is 0 Å². The number of nitrogens with two attached hydrogens (primary N) is 1. The predicted octanol–water partition coefficient (Wildman–Crippen LogP) is 4.22. The number of nitrogen functional groups attached to an aromatic ring is 1. The Hall–Kier alpha value is -1.39. The summed E-state index contributed by atoms with van der Waals surface area (Å²) in [4.78, 5) is 5.93. The molecule has 0 amide bonds. The minimum Gasteiger partial charge on any atom is -0.390 e. The highest BCUT2D eigenvalue weighted by atomic mass is 32.1. The molecule has 0 fully saturated rings. The number of hydrogen-bond donors (Lipinski definition) is 1. The van der Waals surface area contributed by atoms with Crippen molar-refractivity contribution in [2.45, 2.75) is 13.8 Å². The Morgan fingerprint density at radius 2 is 2.00 bits per heavy atom. The normalized spacial score (nSPS) is 11.2. The molecule has 2 N–H and O–H groups in total. The lowest BCUT2D eigenvalue weighted by molar-refractivity contribution is 1.42. The predicted molar refractivity (Wildman–Crippen MR) is 76.8 cm³/mol. The lowest BCUT2D eigenvalue weighted by Gasteiger charge is -1.92. The first-order valence-corrected chi connectivity index (χ1v) is 7.01. The molecule has 0 aliphatic carbocycles. The van der Waals surface area contributed by atoms with Gasteiger partial charge in [0.15, 0.2) is 0 Å². The Morgan fingerprint density at radius 1 is 1.18 bits per heavy atom. The lowest BCUT2D eigenvalue weighted by Crippen LogP contribution is -1.82. The van der Waals surface area contributed by atoms with Crippen molar-refractivity contribution < 1.29 is 0 Å². The van der Waals surface area contributed by atoms with Crippen LogP contribution in [0.5, 0.6) is 0 Å². The number of thiophene rings is 1. The molecule has 0 aliphatic rings. The summed E-state index contributed by atoms with van der Waals surface area (Å²) in [6.07, 6.45) is 0. The molecule has 0 bridgehead atoms. The fourth-order valence-electron chi connectivity index (χ4n) is 1.90. The Morgan fingerprint density at radius 3 is 2.65 bits per heavy atom. The van der Waals surface area contributed by atoms with Crippen molar-refractivity contribution in [1.82, 2.24) is 4.98 Å². The summed E-state index contributed by atoms with van der Waals surface area (Å²) in [6, 6.07) is 8.39. The van der Waals surface area contributed by atoms with E-state index in [1.165, 1.54) is 15.1 Å². The molecule has 3 aromatic rings. The van der Waals surface area contributed by atoms with Crippen LogP contribution in [0.4, 0.5) is 5.00 Å². The van der Waals surface area contributed by atoms with Crippen molar-refractivity contribution >= 4 is 37.9 Å². The Bertz CT molecular complexity index is 695. The SMILES string of the molecule is Cc1cc(-c2nc3c(C)cccc3s2)c(N)s1. The van der Waals surface area contributed by atoms with Gasteiger partial charge in [-0.25, -0.2) is 4.98 Å². The van der Waals surface area contributed by atoms with E-state index in [0.29, 0.717) is 0 Å². The monoisotopic (exact) mass is 260 g/mol. The molecule has 0 unspecified atom stereocenters. The molecule has 0 radical (unpaired) electrons. The zero-order valence-electron chi connectivity index (χ0n) is 9.65. The summed E-state index contributed by atoms with van der Waals surface area (Å²) in [5.41, 5.74) is 9.41. The molecule has 0 atom stereocenters. The maximum atomic E-state index is 6.02. The van der Waals surface area contributed by atoms with E-state index in [1.807, 2.05) is 0 Å². The van der Waals surface area contributed by atoms with Crippen LogP contribution in [0.3, 0.4) is 0 Å². The molecular formula is C13H12N2S2. The highest BCUT2D eigenvalue weighted by Gasteiger charge is 2.12. The van der Waals surface area contributed by atoms with Gasteiger partial charge in [0.05, 0.1) is 15.2 Å². The van der Waals surface area contributed by atoms with E-state index in [1.54, 1.807) is 22.7 Å². The number of anilines is 1. The molecule has 1 aromatic carbocycles. The number of rotatable bonds is 1. The lowest BCUT2D eigenvalue weighted by atomic mass is 10.2. The number of aryl methyl sites for hydroxylation is 2. The van der Waals surface area contributed by atoms with E-state index in [4.69, 9.17) is 10.7 Å². The van der Waals surface area contributed by atoms with Gasteiger partial charge in [-0.1, -0.05) is 12.1 Å². The number of aromatic nitrogens is 1. The van der Waals surface area contributed by atoms with E-state index in [2.05, 4.69) is 38.1 Å². The zero-order chi connectivity index (χ0) is 12.0. The average Bonchev–Trinajstić information content (AvgIpc) is 2.82. The van der Waals surface area contributed by atoms with Crippen LogP contribution >= 0.6 is 22.7 Å². The van der Waals surface area contributed by atoms with Gasteiger partial charge in [0.2, 0.25) is 0 Å². The number of fused-ring (bicyclic) bond motifs is 1. The van der Waals surface area contributed by atoms with Crippen LogP contribution in [-0.4, -0.2) is 4.98 Å². The van der Waals surface area contributed by atoms with Gasteiger partial charge in [-0.2, -0.15) is 0 Å². The first kappa shape index (κ1) is 10.7. The maximum Gasteiger partial charge on any atom is 0.127 e. The van der Waals surface area contributed by atoms with Gasteiger partial charge in [0, 0.05) is 10.4 Å². The molecule has 2 nitrogen and oxygen atoms in total. The van der Waals surface area contributed by atoms with Gasteiger partial charge in [-0.3, -0.25) is 0 Å². The minimum absolute atomic E-state index is 0.860. The fraction of sp³-hybridized carbons (Fsp3) is 0.154. The number of para-hydroxylation sites is 1. The second kappa shape index (κ2) is 3.82. The second-order valence-electron chi connectivity index (χ2n) is 4.08. The quantitative estimate of drug-likeness (QED) is 0.711. The number of hydrogen-bond acceptors (Lipinski definition) is 4. The van der Waals surface area contributed by atoms with Crippen LogP contribution in [0.15, 0.2) is 24.3 Å². The molecule has 0 saturated heterocycles. The topological polar surface area (TPSA) is 38.9 Å². The third-order valence-corrected chi connectivity index (χ3v) is 4.67. The fourth-order valence-corrected chi connectivity index (χ4v) is 3.83. The molecular weight excluding hydrogens is 248 g/mol. The van der Waals surface area contributed by atoms with Crippen LogP contribution in [0.1, 0.15) is 10.4 Å². The van der Waals surface area contributed by atoms with Gasteiger partial charge in [-0.15, -0.1) is 22.7 Å². The van der Waals surface area contributed by atoms with Crippen molar-refractivity contribution in [3.05, 3.63) is 34.7 Å². The summed E-state index contributed by atoms with van der Waals surface area (Å²) in [6.45, 7) is 4.16. The summed E-state index contributed by atoms with van der Waals surface area (Å²) >= 11 is 3.33. The Labute approximate surface area is 108 Å². The molecule has 0 aliphatic heterocycles. The standard InChI is InChI=1S/C13H12N2S2/c1-7-4-3-5-10-11(7)15-13(17-10)9-6-8(2)16-12(9)14/h3-6H,14H2,1-2H3. The van der Waals surface area contributed by atoms with Crippen LogP contribution in [0.2, 0.25) is 0 Å². The first-order valence-electron chi connectivity index (χ1n) is 5.37. The van der Waals surface area contributed by atoms with Gasteiger partial charge in [0.1, 0.15) is 5.01 Å². The Kier molecular flexibility index (Phi) is 2.42. The summed E-state index contributed by atoms with van der Waals surface area (Å²) in [5.74, 6) is 0. The highest BCUT2D eigenvalue weighted by molar-refractivity contribution is 7.22. The summed E-state index contributed by atoms with van der Waals surface area (Å²) < 4.78 is 1.23. The van der Waals surface area contributed by atoms with E-state index >= 15 is 0 Å². The van der Waals surface area contributed by atoms with Crippen LogP contribution in [-0.2, 0) is 0 Å². The summed E-state index contributed by atoms with van der Waals surface area (Å²) in [5, 5.41) is 1.88. The Balaban J connectivity index is 2.25. The van der Waals surface area contributed by atoms with Crippen LogP contribution in [0, 0.1) is 13.8 Å². The first-order chi connectivity index (χ1) is 8.15. The number of benzene rings is 1. The van der Waals surface area contributed by atoms with E-state index in [9.17, 15) is 0 Å². The second-order valence-corrected chi connectivity index (χ2v) is 6.39. The average molecular weight is 260 g/mol. The third-order valence-electron chi connectivity index (χ3n) is 2.74. The molecule has 4 heteroatoms. The molecule has 2 aromatic heterocycles. The third kappa shape index (κ3) is 1.73. The summed E-state index contributed by atoms with van der Waals surface area (Å²) in [7, 11) is 0. The molecule has 86 valence electrons. The molecule has 0 saturated carbocycles.